The van der Waals surface area contributed by atoms with Gasteiger partial charge in [-0.15, -0.1) is 0 Å². The average molecular weight is 282 g/mol. The first-order valence-corrected chi connectivity index (χ1v) is 6.32. The number of halogens is 1. The van der Waals surface area contributed by atoms with Gasteiger partial charge in [0.15, 0.2) is 0 Å². The van der Waals surface area contributed by atoms with Crippen molar-refractivity contribution in [1.82, 2.24) is 5.32 Å². The van der Waals surface area contributed by atoms with Crippen molar-refractivity contribution < 1.29 is 4.74 Å². The third kappa shape index (κ3) is 3.65. The number of hydrogen-bond donors (Lipinski definition) is 1. The van der Waals surface area contributed by atoms with Crippen molar-refractivity contribution in [2.24, 2.45) is 0 Å². The number of benzene rings is 1. The summed E-state index contributed by atoms with van der Waals surface area (Å²) in [6, 6.07) is 8.85. The molecule has 0 aromatic heterocycles. The zero-order valence-electron chi connectivity index (χ0n) is 9.21. The van der Waals surface area contributed by atoms with E-state index >= 15 is 0 Å². The quantitative estimate of drug-likeness (QED) is 0.865. The summed E-state index contributed by atoms with van der Waals surface area (Å²) in [7, 11) is 0. The van der Waals surface area contributed by atoms with Crippen LogP contribution in [0.1, 0.15) is 18.4 Å². The molecule has 0 atom stereocenters. The number of para-hydroxylation sites is 1. The highest BCUT2D eigenvalue weighted by atomic mass is 79.9. The minimum absolute atomic E-state index is 0.514. The molecule has 1 saturated carbocycles. The molecule has 1 fully saturated rings. The maximum absolute atomic E-state index is 5.66. The number of rotatable bonds is 6. The molecule has 1 aromatic rings. The van der Waals surface area contributed by atoms with Crippen LogP contribution in [0.2, 0.25) is 0 Å². The van der Waals surface area contributed by atoms with Crippen LogP contribution in [0.15, 0.2) is 35.3 Å². The second-order valence-electron chi connectivity index (χ2n) is 4.07. The van der Waals surface area contributed by atoms with Gasteiger partial charge in [0.2, 0.25) is 0 Å². The summed E-state index contributed by atoms with van der Waals surface area (Å²) in [6.45, 7) is 5.16. The van der Waals surface area contributed by atoms with Crippen LogP contribution in [-0.4, -0.2) is 12.6 Å². The van der Waals surface area contributed by atoms with Crippen LogP contribution in [0.25, 0.3) is 0 Å². The molecule has 0 saturated heterocycles. The summed E-state index contributed by atoms with van der Waals surface area (Å²) in [5.41, 5.74) is 1.21. The van der Waals surface area contributed by atoms with Crippen molar-refractivity contribution in [3.8, 4) is 5.75 Å². The molecule has 1 aromatic carbocycles. The maximum atomic E-state index is 5.66. The van der Waals surface area contributed by atoms with E-state index in [9.17, 15) is 0 Å². The zero-order valence-corrected chi connectivity index (χ0v) is 10.8. The van der Waals surface area contributed by atoms with Gasteiger partial charge in [0.1, 0.15) is 12.4 Å². The molecule has 86 valence electrons. The van der Waals surface area contributed by atoms with Gasteiger partial charge in [-0.2, -0.15) is 0 Å². The first-order chi connectivity index (χ1) is 7.75. The average Bonchev–Trinajstić information content (AvgIpc) is 3.08. The van der Waals surface area contributed by atoms with Crippen LogP contribution in [0, 0.1) is 0 Å². The van der Waals surface area contributed by atoms with Crippen LogP contribution in [0.5, 0.6) is 5.75 Å². The van der Waals surface area contributed by atoms with Gasteiger partial charge < -0.3 is 10.1 Å². The van der Waals surface area contributed by atoms with Crippen molar-refractivity contribution in [3.63, 3.8) is 0 Å². The minimum Gasteiger partial charge on any atom is -0.488 e. The molecule has 2 rings (SSSR count). The van der Waals surface area contributed by atoms with E-state index in [4.69, 9.17) is 4.74 Å². The Morgan fingerprint density at radius 2 is 2.19 bits per heavy atom. The zero-order chi connectivity index (χ0) is 11.4. The Hall–Kier alpha value is -0.800. The molecule has 3 heteroatoms. The molecule has 0 amide bonds. The second kappa shape index (κ2) is 5.51. The summed E-state index contributed by atoms with van der Waals surface area (Å²) in [4.78, 5) is 0. The fraction of sp³-hybridized carbons (Fsp3) is 0.385. The molecule has 0 heterocycles. The third-order valence-electron chi connectivity index (χ3n) is 2.52. The molecule has 16 heavy (non-hydrogen) atoms. The Bertz CT molecular complexity index is 374. The molecule has 0 radical (unpaired) electrons. The van der Waals surface area contributed by atoms with E-state index in [1.807, 2.05) is 18.2 Å². The van der Waals surface area contributed by atoms with E-state index in [-0.39, 0.29) is 0 Å². The van der Waals surface area contributed by atoms with Crippen molar-refractivity contribution >= 4 is 15.9 Å². The Morgan fingerprint density at radius 3 is 2.88 bits per heavy atom. The molecular formula is C13H16BrNO. The minimum atomic E-state index is 0.514. The predicted octanol–water partition coefficient (Wildman–Crippen LogP) is 3.23. The first kappa shape index (κ1) is 11.7. The van der Waals surface area contributed by atoms with Gasteiger partial charge in [-0.25, -0.2) is 0 Å². The van der Waals surface area contributed by atoms with Crippen LogP contribution in [0.3, 0.4) is 0 Å². The Kier molecular flexibility index (Phi) is 4.02. The number of hydrogen-bond acceptors (Lipinski definition) is 2. The lowest BCUT2D eigenvalue weighted by Crippen LogP contribution is -2.16. The van der Waals surface area contributed by atoms with Crippen LogP contribution >= 0.6 is 15.9 Å². The lowest BCUT2D eigenvalue weighted by atomic mass is 10.2. The molecule has 1 aliphatic rings. The Morgan fingerprint density at radius 1 is 1.44 bits per heavy atom. The number of ether oxygens (including phenoxy) is 1. The third-order valence-corrected chi connectivity index (χ3v) is 2.74. The van der Waals surface area contributed by atoms with Crippen LogP contribution in [-0.2, 0) is 6.54 Å². The molecule has 0 aliphatic heterocycles. The highest BCUT2D eigenvalue weighted by molar-refractivity contribution is 9.11. The molecule has 1 aliphatic carbocycles. The fourth-order valence-corrected chi connectivity index (χ4v) is 1.60. The molecule has 0 bridgehead atoms. The summed E-state index contributed by atoms with van der Waals surface area (Å²) < 4.78 is 6.52. The van der Waals surface area contributed by atoms with E-state index < -0.39 is 0 Å². The van der Waals surface area contributed by atoms with Crippen molar-refractivity contribution in [2.45, 2.75) is 25.4 Å². The standard InChI is InChI=1S/C13H16BrNO/c1-10(14)9-16-13-5-3-2-4-11(13)8-15-12-6-7-12/h2-5,12,15H,1,6-9H2. The summed E-state index contributed by atoms with van der Waals surface area (Å²) in [6.07, 6.45) is 2.61. The van der Waals surface area contributed by atoms with Gasteiger partial charge in [0, 0.05) is 22.6 Å². The largest absolute Gasteiger partial charge is 0.488 e. The van der Waals surface area contributed by atoms with E-state index in [1.54, 1.807) is 0 Å². The highest BCUT2D eigenvalue weighted by Gasteiger charge is 2.20. The van der Waals surface area contributed by atoms with Gasteiger partial charge in [0.25, 0.3) is 0 Å². The maximum Gasteiger partial charge on any atom is 0.124 e. The smallest absolute Gasteiger partial charge is 0.124 e. The van der Waals surface area contributed by atoms with Crippen molar-refractivity contribution in [3.05, 3.63) is 40.9 Å². The van der Waals surface area contributed by atoms with Crippen LogP contribution in [0.4, 0.5) is 0 Å². The lowest BCUT2D eigenvalue weighted by molar-refractivity contribution is 0.355. The van der Waals surface area contributed by atoms with Gasteiger partial charge in [0.05, 0.1) is 0 Å². The molecule has 2 nitrogen and oxygen atoms in total. The Balaban J connectivity index is 1.94. The first-order valence-electron chi connectivity index (χ1n) is 5.53. The fourth-order valence-electron chi connectivity index (χ4n) is 1.49. The molecule has 0 unspecified atom stereocenters. The van der Waals surface area contributed by atoms with E-state index in [0.717, 1.165) is 22.8 Å². The summed E-state index contributed by atoms with van der Waals surface area (Å²) in [5.74, 6) is 0.941. The van der Waals surface area contributed by atoms with E-state index in [1.165, 1.54) is 18.4 Å². The molecular weight excluding hydrogens is 266 g/mol. The Labute approximate surface area is 105 Å². The molecule has 1 N–H and O–H groups in total. The van der Waals surface area contributed by atoms with Gasteiger partial charge in [-0.3, -0.25) is 0 Å². The normalized spacial score (nSPS) is 14.8. The molecule has 0 spiro atoms. The number of nitrogens with one attached hydrogen (secondary N) is 1. The van der Waals surface area contributed by atoms with E-state index in [0.29, 0.717) is 6.61 Å². The lowest BCUT2D eigenvalue weighted by Gasteiger charge is -2.11. The predicted molar refractivity (Wildman–Crippen MR) is 69.9 cm³/mol. The summed E-state index contributed by atoms with van der Waals surface area (Å²) >= 11 is 3.29. The van der Waals surface area contributed by atoms with Gasteiger partial charge in [-0.05, 0) is 18.9 Å². The van der Waals surface area contributed by atoms with E-state index in [2.05, 4.69) is 33.9 Å². The highest BCUT2D eigenvalue weighted by Crippen LogP contribution is 2.23. The summed E-state index contributed by atoms with van der Waals surface area (Å²) in [5, 5.41) is 3.49. The van der Waals surface area contributed by atoms with Gasteiger partial charge in [-0.1, -0.05) is 40.7 Å². The van der Waals surface area contributed by atoms with Crippen LogP contribution < -0.4 is 10.1 Å². The monoisotopic (exact) mass is 281 g/mol. The van der Waals surface area contributed by atoms with Crippen molar-refractivity contribution in [1.29, 1.82) is 0 Å². The van der Waals surface area contributed by atoms with Gasteiger partial charge >= 0.3 is 0 Å². The van der Waals surface area contributed by atoms with Crippen molar-refractivity contribution in [2.75, 3.05) is 6.61 Å². The SMILES string of the molecule is C=C(Br)COc1ccccc1CNC1CC1. The topological polar surface area (TPSA) is 21.3 Å². The second-order valence-corrected chi connectivity index (χ2v) is 5.19.